The maximum Gasteiger partial charge on any atom is 0.341 e. The van der Waals surface area contributed by atoms with Gasteiger partial charge in [0, 0.05) is 5.92 Å². The summed E-state index contributed by atoms with van der Waals surface area (Å²) >= 11 is 0. The van der Waals surface area contributed by atoms with Gasteiger partial charge in [-0.05, 0) is 29.7 Å². The highest BCUT2D eigenvalue weighted by atomic mass is 16.5. The van der Waals surface area contributed by atoms with Gasteiger partial charge in [-0.25, -0.2) is 4.79 Å². The molecule has 0 spiro atoms. The van der Waals surface area contributed by atoms with Crippen molar-refractivity contribution in [3.63, 3.8) is 0 Å². The summed E-state index contributed by atoms with van der Waals surface area (Å²) in [5.41, 5.74) is 1.37. The van der Waals surface area contributed by atoms with E-state index in [9.17, 15) is 9.59 Å². The van der Waals surface area contributed by atoms with Crippen LogP contribution in [-0.4, -0.2) is 18.9 Å². The fourth-order valence-corrected chi connectivity index (χ4v) is 3.23. The Morgan fingerprint density at radius 2 is 2.06 bits per heavy atom. The smallest absolute Gasteiger partial charge is 0.341 e. The summed E-state index contributed by atoms with van der Waals surface area (Å²) in [4.78, 5) is 23.8. The van der Waals surface area contributed by atoms with Gasteiger partial charge in [-0.3, -0.25) is 4.79 Å². The molecule has 1 saturated carbocycles. The molecule has 16 heavy (non-hydrogen) atoms. The lowest BCUT2D eigenvalue weighted by Crippen LogP contribution is -2.55. The number of rotatable bonds is 2. The van der Waals surface area contributed by atoms with E-state index in [1.165, 1.54) is 7.11 Å². The first kappa shape index (κ1) is 11.4. The minimum Gasteiger partial charge on any atom is -0.465 e. The Labute approximate surface area is 95.9 Å². The molecular formula is C13H18O3. The SMILES string of the molecule is CCC1=C(C(=O)OC)C(=O)[C@H]2C[C@@H]1C2(C)C. The van der Waals surface area contributed by atoms with Crippen LogP contribution in [0.3, 0.4) is 0 Å². The maximum atomic E-state index is 12.2. The molecule has 2 bridgehead atoms. The van der Waals surface area contributed by atoms with Gasteiger partial charge in [-0.2, -0.15) is 0 Å². The van der Waals surface area contributed by atoms with E-state index in [1.807, 2.05) is 6.92 Å². The minimum absolute atomic E-state index is 0.00352. The molecule has 88 valence electrons. The number of carbonyl (C=O) groups is 2. The summed E-state index contributed by atoms with van der Waals surface area (Å²) in [7, 11) is 1.33. The van der Waals surface area contributed by atoms with Crippen LogP contribution in [0.4, 0.5) is 0 Å². The molecule has 0 amide bonds. The van der Waals surface area contributed by atoms with Gasteiger partial charge in [-0.15, -0.1) is 0 Å². The van der Waals surface area contributed by atoms with Gasteiger partial charge < -0.3 is 4.74 Å². The summed E-state index contributed by atoms with van der Waals surface area (Å²) in [5, 5.41) is 0. The molecule has 0 heterocycles. The van der Waals surface area contributed by atoms with E-state index in [1.54, 1.807) is 0 Å². The first-order chi connectivity index (χ1) is 7.45. The zero-order valence-electron chi connectivity index (χ0n) is 10.3. The third-order valence-electron chi connectivity index (χ3n) is 4.34. The summed E-state index contributed by atoms with van der Waals surface area (Å²) < 4.78 is 4.71. The molecule has 2 atom stereocenters. The lowest BCUT2D eigenvalue weighted by molar-refractivity contribution is -0.145. The first-order valence-corrected chi connectivity index (χ1v) is 5.80. The number of ketones is 1. The topological polar surface area (TPSA) is 43.4 Å². The number of hydrogen-bond acceptors (Lipinski definition) is 3. The monoisotopic (exact) mass is 222 g/mol. The number of ether oxygens (including phenoxy) is 1. The van der Waals surface area contributed by atoms with Gasteiger partial charge in [0.05, 0.1) is 7.11 Å². The molecule has 3 aliphatic rings. The number of allylic oxidation sites excluding steroid dienone is 1. The minimum atomic E-state index is -0.452. The molecule has 0 aromatic carbocycles. The third-order valence-corrected chi connectivity index (χ3v) is 4.34. The molecule has 0 aromatic rings. The predicted molar refractivity (Wildman–Crippen MR) is 59.7 cm³/mol. The Bertz CT molecular complexity index is 390. The molecule has 0 unspecified atom stereocenters. The van der Waals surface area contributed by atoms with E-state index in [4.69, 9.17) is 4.74 Å². The number of methoxy groups -OCH3 is 1. The van der Waals surface area contributed by atoms with Crippen molar-refractivity contribution in [3.8, 4) is 0 Å². The van der Waals surface area contributed by atoms with E-state index >= 15 is 0 Å². The van der Waals surface area contributed by atoms with Gasteiger partial charge in [-0.1, -0.05) is 20.8 Å². The van der Waals surface area contributed by atoms with E-state index < -0.39 is 5.97 Å². The average Bonchev–Trinajstić information content (AvgIpc) is 2.26. The number of hydrogen-bond donors (Lipinski definition) is 0. The largest absolute Gasteiger partial charge is 0.465 e. The third kappa shape index (κ3) is 1.20. The van der Waals surface area contributed by atoms with Crippen LogP contribution in [0.5, 0.6) is 0 Å². The molecule has 0 radical (unpaired) electrons. The van der Waals surface area contributed by atoms with Crippen LogP contribution in [-0.2, 0) is 14.3 Å². The Morgan fingerprint density at radius 3 is 2.50 bits per heavy atom. The van der Waals surface area contributed by atoms with Gasteiger partial charge in [0.1, 0.15) is 5.57 Å². The van der Waals surface area contributed by atoms with Crippen molar-refractivity contribution in [1.29, 1.82) is 0 Å². The van der Waals surface area contributed by atoms with Crippen LogP contribution < -0.4 is 0 Å². The molecule has 3 heteroatoms. The normalized spacial score (nSPS) is 31.1. The van der Waals surface area contributed by atoms with Crippen LogP contribution >= 0.6 is 0 Å². The second-order valence-corrected chi connectivity index (χ2v) is 5.27. The van der Waals surface area contributed by atoms with Crippen LogP contribution in [0.15, 0.2) is 11.1 Å². The standard InChI is InChI=1S/C13H18O3/c1-5-7-8-6-9(13(8,2)3)11(14)10(7)12(15)16-4/h8-9H,5-6H2,1-4H3/t8-,9+/m0/s1. The fraction of sp³-hybridized carbons (Fsp3) is 0.692. The van der Waals surface area contributed by atoms with Gasteiger partial charge >= 0.3 is 5.97 Å². The Morgan fingerprint density at radius 1 is 1.44 bits per heavy atom. The molecule has 3 aliphatic carbocycles. The van der Waals surface area contributed by atoms with Crippen molar-refractivity contribution in [2.75, 3.05) is 7.11 Å². The fourth-order valence-electron chi connectivity index (χ4n) is 3.23. The predicted octanol–water partition coefficient (Wildman–Crippen LogP) is 2.11. The number of esters is 1. The summed E-state index contributed by atoms with van der Waals surface area (Å²) in [6.45, 7) is 6.24. The Balaban J connectivity index is 2.49. The van der Waals surface area contributed by atoms with Crippen LogP contribution in [0.25, 0.3) is 0 Å². The summed E-state index contributed by atoms with van der Waals surface area (Å²) in [6, 6.07) is 0. The van der Waals surface area contributed by atoms with Gasteiger partial charge in [0.15, 0.2) is 5.78 Å². The molecule has 3 rings (SSSR count). The maximum absolute atomic E-state index is 12.2. The average molecular weight is 222 g/mol. The van der Waals surface area contributed by atoms with Crippen molar-refractivity contribution in [1.82, 2.24) is 0 Å². The molecule has 0 aliphatic heterocycles. The number of carbonyl (C=O) groups excluding carboxylic acids is 2. The number of Topliss-reactive ketones (excluding diaryl/α,β-unsaturated/α-hetero) is 1. The van der Waals surface area contributed by atoms with Gasteiger partial charge in [0.2, 0.25) is 0 Å². The highest BCUT2D eigenvalue weighted by molar-refractivity contribution is 6.20. The van der Waals surface area contributed by atoms with Crippen LogP contribution in [0.2, 0.25) is 0 Å². The van der Waals surface area contributed by atoms with E-state index in [2.05, 4.69) is 13.8 Å². The Hall–Kier alpha value is -1.12. The van der Waals surface area contributed by atoms with Crippen molar-refractivity contribution in [2.45, 2.75) is 33.6 Å². The second kappa shape index (κ2) is 3.44. The van der Waals surface area contributed by atoms with Gasteiger partial charge in [0.25, 0.3) is 0 Å². The van der Waals surface area contributed by atoms with Crippen LogP contribution in [0, 0.1) is 17.3 Å². The highest BCUT2D eigenvalue weighted by Gasteiger charge is 2.58. The van der Waals surface area contributed by atoms with E-state index in [-0.39, 0.29) is 17.1 Å². The quantitative estimate of drug-likeness (QED) is 0.531. The van der Waals surface area contributed by atoms with Crippen molar-refractivity contribution in [2.24, 2.45) is 17.3 Å². The zero-order chi connectivity index (χ0) is 12.1. The molecular weight excluding hydrogens is 204 g/mol. The van der Waals surface area contributed by atoms with Crippen LogP contribution in [0.1, 0.15) is 33.6 Å². The molecule has 0 aromatic heterocycles. The molecule has 0 saturated heterocycles. The zero-order valence-corrected chi connectivity index (χ0v) is 10.3. The molecule has 0 N–H and O–H groups in total. The van der Waals surface area contributed by atoms with E-state index in [0.717, 1.165) is 18.4 Å². The first-order valence-electron chi connectivity index (χ1n) is 5.80. The van der Waals surface area contributed by atoms with Crippen molar-refractivity contribution in [3.05, 3.63) is 11.1 Å². The lowest BCUT2D eigenvalue weighted by atomic mass is 9.46. The summed E-state index contributed by atoms with van der Waals surface area (Å²) in [6.07, 6.45) is 1.67. The summed E-state index contributed by atoms with van der Waals surface area (Å²) in [5.74, 6) is -0.0561. The van der Waals surface area contributed by atoms with Crippen molar-refractivity contribution < 1.29 is 14.3 Å². The second-order valence-electron chi connectivity index (χ2n) is 5.27. The molecule has 1 fully saturated rings. The van der Waals surface area contributed by atoms with E-state index in [0.29, 0.717) is 11.5 Å². The Kier molecular flexibility index (Phi) is 2.44. The number of fused-ring (bicyclic) bond motifs is 1. The lowest BCUT2D eigenvalue weighted by Gasteiger charge is -2.56. The molecule has 3 nitrogen and oxygen atoms in total. The highest BCUT2D eigenvalue weighted by Crippen LogP contribution is 2.60. The van der Waals surface area contributed by atoms with Crippen molar-refractivity contribution >= 4 is 11.8 Å².